The van der Waals surface area contributed by atoms with Crippen LogP contribution in [0.15, 0.2) is 48.5 Å². The molecule has 4 nitrogen and oxygen atoms in total. The van der Waals surface area contributed by atoms with Gasteiger partial charge >= 0.3 is 0 Å². The van der Waals surface area contributed by atoms with Crippen LogP contribution in [0.3, 0.4) is 0 Å². The van der Waals surface area contributed by atoms with E-state index < -0.39 is 0 Å². The van der Waals surface area contributed by atoms with E-state index in [1.165, 1.54) is 43.2 Å². The molecule has 1 aliphatic rings. The van der Waals surface area contributed by atoms with E-state index >= 15 is 0 Å². The molecule has 4 heteroatoms. The maximum atomic E-state index is 8.99. The lowest BCUT2D eigenvalue weighted by Crippen LogP contribution is -2.33. The third-order valence-electron chi connectivity index (χ3n) is 6.46. The fourth-order valence-corrected chi connectivity index (χ4v) is 4.76. The first-order chi connectivity index (χ1) is 14.7. The number of aliphatic hydroxyl groups excluding tert-OH is 2. The summed E-state index contributed by atoms with van der Waals surface area (Å²) in [5.74, 6) is 2.43. The first-order valence-electron chi connectivity index (χ1n) is 11.4. The zero-order chi connectivity index (χ0) is 21.2. The summed E-state index contributed by atoms with van der Waals surface area (Å²) in [5, 5.41) is 18.0. The minimum atomic E-state index is 0.00767. The standard InChI is InChI=1S/C26H36O4/c1-2-3-4-21-13-15-26(16-14-21,22-5-9-24(10-6-22)29-19-17-27)23-7-11-25(12-8-23)30-20-18-28/h5-12,21,27-28H,2-4,13-20H2,1H3. The summed E-state index contributed by atoms with van der Waals surface area (Å²) in [4.78, 5) is 0. The molecule has 0 spiro atoms. The van der Waals surface area contributed by atoms with Crippen LogP contribution < -0.4 is 9.47 Å². The Balaban J connectivity index is 1.84. The molecule has 0 saturated heterocycles. The van der Waals surface area contributed by atoms with Crippen molar-refractivity contribution in [2.45, 2.75) is 57.3 Å². The van der Waals surface area contributed by atoms with Crippen molar-refractivity contribution in [3.63, 3.8) is 0 Å². The average Bonchev–Trinajstić information content (AvgIpc) is 2.81. The quantitative estimate of drug-likeness (QED) is 0.539. The number of hydrogen-bond acceptors (Lipinski definition) is 4. The van der Waals surface area contributed by atoms with Gasteiger partial charge < -0.3 is 19.7 Å². The predicted molar refractivity (Wildman–Crippen MR) is 120 cm³/mol. The van der Waals surface area contributed by atoms with Gasteiger partial charge in [0.1, 0.15) is 24.7 Å². The number of rotatable bonds is 11. The normalized spacial score (nSPS) is 16.4. The summed E-state index contributed by atoms with van der Waals surface area (Å²) in [5.41, 5.74) is 2.67. The SMILES string of the molecule is CCCCC1CCC(c2ccc(OCCO)cc2)(c2ccc(OCCO)cc2)CC1. The van der Waals surface area contributed by atoms with Gasteiger partial charge in [-0.2, -0.15) is 0 Å². The topological polar surface area (TPSA) is 58.9 Å². The van der Waals surface area contributed by atoms with Crippen LogP contribution in [-0.2, 0) is 5.41 Å². The molecule has 0 amide bonds. The van der Waals surface area contributed by atoms with E-state index in [-0.39, 0.29) is 18.6 Å². The fourth-order valence-electron chi connectivity index (χ4n) is 4.76. The second-order valence-electron chi connectivity index (χ2n) is 8.36. The Hall–Kier alpha value is -2.04. The van der Waals surface area contributed by atoms with Crippen molar-refractivity contribution in [2.75, 3.05) is 26.4 Å². The monoisotopic (exact) mass is 412 g/mol. The molecular formula is C26H36O4. The largest absolute Gasteiger partial charge is 0.491 e. The first kappa shape index (κ1) is 22.6. The molecule has 1 aliphatic carbocycles. The number of benzene rings is 2. The molecular weight excluding hydrogens is 376 g/mol. The Morgan fingerprint density at radius 2 is 1.27 bits per heavy atom. The van der Waals surface area contributed by atoms with Crippen molar-refractivity contribution in [1.29, 1.82) is 0 Å². The van der Waals surface area contributed by atoms with Crippen molar-refractivity contribution in [3.8, 4) is 11.5 Å². The van der Waals surface area contributed by atoms with Gasteiger partial charge in [-0.05, 0) is 67.0 Å². The van der Waals surface area contributed by atoms with Crippen molar-refractivity contribution in [2.24, 2.45) is 5.92 Å². The van der Waals surface area contributed by atoms with E-state index in [0.29, 0.717) is 13.2 Å². The average molecular weight is 413 g/mol. The zero-order valence-corrected chi connectivity index (χ0v) is 18.2. The number of aliphatic hydroxyl groups is 2. The number of ether oxygens (including phenoxy) is 2. The smallest absolute Gasteiger partial charge is 0.119 e. The van der Waals surface area contributed by atoms with Gasteiger partial charge in [-0.3, -0.25) is 0 Å². The van der Waals surface area contributed by atoms with Crippen LogP contribution in [0.5, 0.6) is 11.5 Å². The van der Waals surface area contributed by atoms with Crippen molar-refractivity contribution in [1.82, 2.24) is 0 Å². The minimum Gasteiger partial charge on any atom is -0.491 e. The highest BCUT2D eigenvalue weighted by Crippen LogP contribution is 2.48. The Labute approximate surface area is 180 Å². The van der Waals surface area contributed by atoms with Gasteiger partial charge in [0.25, 0.3) is 0 Å². The van der Waals surface area contributed by atoms with Crippen LogP contribution in [0.4, 0.5) is 0 Å². The highest BCUT2D eigenvalue weighted by molar-refractivity contribution is 5.43. The highest BCUT2D eigenvalue weighted by Gasteiger charge is 2.38. The molecule has 0 bridgehead atoms. The van der Waals surface area contributed by atoms with Crippen LogP contribution in [0.1, 0.15) is 63.0 Å². The van der Waals surface area contributed by atoms with E-state index in [2.05, 4.69) is 31.2 Å². The molecule has 3 rings (SSSR count). The van der Waals surface area contributed by atoms with E-state index in [9.17, 15) is 0 Å². The van der Waals surface area contributed by atoms with Gasteiger partial charge in [-0.25, -0.2) is 0 Å². The zero-order valence-electron chi connectivity index (χ0n) is 18.2. The Morgan fingerprint density at radius 1 is 0.800 bits per heavy atom. The van der Waals surface area contributed by atoms with E-state index in [1.807, 2.05) is 24.3 Å². The fraction of sp³-hybridized carbons (Fsp3) is 0.538. The lowest BCUT2D eigenvalue weighted by molar-refractivity contribution is 0.201. The molecule has 0 heterocycles. The van der Waals surface area contributed by atoms with Crippen LogP contribution in [-0.4, -0.2) is 36.6 Å². The summed E-state index contributed by atoms with van der Waals surface area (Å²) in [6.45, 7) is 2.96. The molecule has 0 aliphatic heterocycles. The second-order valence-corrected chi connectivity index (χ2v) is 8.36. The summed E-state index contributed by atoms with van der Waals surface area (Å²) < 4.78 is 11.1. The van der Waals surface area contributed by atoms with E-state index in [0.717, 1.165) is 30.3 Å². The third kappa shape index (κ3) is 5.55. The number of unbranched alkanes of at least 4 members (excludes halogenated alkanes) is 1. The van der Waals surface area contributed by atoms with Crippen molar-refractivity contribution >= 4 is 0 Å². The molecule has 2 N–H and O–H groups in total. The van der Waals surface area contributed by atoms with Crippen molar-refractivity contribution < 1.29 is 19.7 Å². The molecule has 1 fully saturated rings. The molecule has 2 aromatic carbocycles. The summed E-state index contributed by atoms with van der Waals surface area (Å²) in [7, 11) is 0. The van der Waals surface area contributed by atoms with Gasteiger partial charge in [-0.1, -0.05) is 50.5 Å². The Bertz CT molecular complexity index is 677. The lowest BCUT2D eigenvalue weighted by atomic mass is 9.62. The first-order valence-corrected chi connectivity index (χ1v) is 11.4. The van der Waals surface area contributed by atoms with Crippen LogP contribution in [0.25, 0.3) is 0 Å². The minimum absolute atomic E-state index is 0.00767. The van der Waals surface area contributed by atoms with Gasteiger partial charge in [0.15, 0.2) is 0 Å². The highest BCUT2D eigenvalue weighted by atomic mass is 16.5. The Morgan fingerprint density at radius 3 is 1.67 bits per heavy atom. The molecule has 0 unspecified atom stereocenters. The number of hydrogen-bond donors (Lipinski definition) is 2. The summed E-state index contributed by atoms with van der Waals surface area (Å²) in [6, 6.07) is 16.8. The van der Waals surface area contributed by atoms with E-state index in [4.69, 9.17) is 19.7 Å². The molecule has 0 radical (unpaired) electrons. The van der Waals surface area contributed by atoms with Crippen molar-refractivity contribution in [3.05, 3.63) is 59.7 Å². The van der Waals surface area contributed by atoms with Crippen LogP contribution >= 0.6 is 0 Å². The van der Waals surface area contributed by atoms with E-state index in [1.54, 1.807) is 0 Å². The van der Waals surface area contributed by atoms with Gasteiger partial charge in [0, 0.05) is 5.41 Å². The second kappa shape index (κ2) is 11.4. The lowest BCUT2D eigenvalue weighted by Gasteiger charge is -2.41. The van der Waals surface area contributed by atoms with Gasteiger partial charge in [-0.15, -0.1) is 0 Å². The third-order valence-corrected chi connectivity index (χ3v) is 6.46. The Kier molecular flexibility index (Phi) is 8.59. The van der Waals surface area contributed by atoms with Crippen LogP contribution in [0, 0.1) is 5.92 Å². The van der Waals surface area contributed by atoms with Crippen LogP contribution in [0.2, 0.25) is 0 Å². The maximum absolute atomic E-state index is 8.99. The predicted octanol–water partition coefficient (Wildman–Crippen LogP) is 5.10. The van der Waals surface area contributed by atoms with Gasteiger partial charge in [0.05, 0.1) is 13.2 Å². The molecule has 2 aromatic rings. The molecule has 0 aromatic heterocycles. The molecule has 0 atom stereocenters. The van der Waals surface area contributed by atoms with Gasteiger partial charge in [0.2, 0.25) is 0 Å². The summed E-state index contributed by atoms with van der Waals surface area (Å²) >= 11 is 0. The molecule has 164 valence electrons. The summed E-state index contributed by atoms with van der Waals surface area (Å²) in [6.07, 6.45) is 8.74. The molecule has 1 saturated carbocycles. The molecule has 30 heavy (non-hydrogen) atoms. The maximum Gasteiger partial charge on any atom is 0.119 e.